The van der Waals surface area contributed by atoms with Gasteiger partial charge in [-0.2, -0.15) is 0 Å². The van der Waals surface area contributed by atoms with Crippen molar-refractivity contribution in [3.63, 3.8) is 0 Å². The average Bonchev–Trinajstić information content (AvgIpc) is 2.79. The molecule has 16 heavy (non-hydrogen) atoms. The highest BCUT2D eigenvalue weighted by atomic mass is 16.4. The zero-order valence-electron chi connectivity index (χ0n) is 9.90. The number of nitrogens with zero attached hydrogens (tertiary/aromatic N) is 2. The van der Waals surface area contributed by atoms with E-state index in [0.29, 0.717) is 0 Å². The number of piperidine rings is 1. The van der Waals surface area contributed by atoms with Crippen LogP contribution < -0.4 is 0 Å². The maximum atomic E-state index is 10.9. The van der Waals surface area contributed by atoms with Gasteiger partial charge in [0.05, 0.1) is 5.92 Å². The Bertz CT molecular complexity index is 239. The molecule has 1 unspecified atom stereocenters. The van der Waals surface area contributed by atoms with Crippen LogP contribution in [0.5, 0.6) is 0 Å². The summed E-state index contributed by atoms with van der Waals surface area (Å²) in [6.07, 6.45) is 4.56. The second kappa shape index (κ2) is 5.64. The first kappa shape index (κ1) is 11.9. The van der Waals surface area contributed by atoms with E-state index in [0.717, 1.165) is 39.0 Å². The molecule has 0 radical (unpaired) electrons. The molecule has 2 rings (SSSR count). The minimum atomic E-state index is -0.620. The Morgan fingerprint density at radius 2 is 1.69 bits per heavy atom. The lowest BCUT2D eigenvalue weighted by Gasteiger charge is -2.31. The van der Waals surface area contributed by atoms with Gasteiger partial charge in [-0.3, -0.25) is 4.79 Å². The van der Waals surface area contributed by atoms with Crippen molar-refractivity contribution < 1.29 is 9.90 Å². The minimum Gasteiger partial charge on any atom is -0.481 e. The maximum absolute atomic E-state index is 10.9. The minimum absolute atomic E-state index is 0.132. The second-order valence-electron chi connectivity index (χ2n) is 5.03. The number of hydrogen-bond acceptors (Lipinski definition) is 3. The Morgan fingerprint density at radius 1 is 1.06 bits per heavy atom. The van der Waals surface area contributed by atoms with Crippen molar-refractivity contribution in [3.8, 4) is 0 Å². The van der Waals surface area contributed by atoms with Crippen LogP contribution in [0.1, 0.15) is 25.7 Å². The summed E-state index contributed by atoms with van der Waals surface area (Å²) < 4.78 is 0. The van der Waals surface area contributed by atoms with Gasteiger partial charge < -0.3 is 14.9 Å². The highest BCUT2D eigenvalue weighted by Gasteiger charge is 2.25. The van der Waals surface area contributed by atoms with E-state index in [1.54, 1.807) is 0 Å². The van der Waals surface area contributed by atoms with E-state index in [4.69, 9.17) is 5.11 Å². The molecule has 92 valence electrons. The highest BCUT2D eigenvalue weighted by molar-refractivity contribution is 5.70. The van der Waals surface area contributed by atoms with Gasteiger partial charge in [0.1, 0.15) is 0 Å². The van der Waals surface area contributed by atoms with E-state index >= 15 is 0 Å². The van der Waals surface area contributed by atoms with Gasteiger partial charge in [-0.1, -0.05) is 0 Å². The zero-order valence-corrected chi connectivity index (χ0v) is 9.90. The van der Waals surface area contributed by atoms with Crippen LogP contribution in [0.15, 0.2) is 0 Å². The van der Waals surface area contributed by atoms with Gasteiger partial charge in [-0.05, 0) is 45.3 Å². The number of carboxylic acid groups (broad SMARTS) is 1. The van der Waals surface area contributed by atoms with E-state index in [1.807, 2.05) is 0 Å². The lowest BCUT2D eigenvalue weighted by atomic mass is 9.98. The summed E-state index contributed by atoms with van der Waals surface area (Å²) >= 11 is 0. The molecule has 0 amide bonds. The molecule has 2 aliphatic rings. The molecule has 0 aromatic heterocycles. The van der Waals surface area contributed by atoms with Gasteiger partial charge in [-0.25, -0.2) is 0 Å². The Morgan fingerprint density at radius 3 is 2.38 bits per heavy atom. The largest absolute Gasteiger partial charge is 0.481 e. The van der Waals surface area contributed by atoms with Crippen molar-refractivity contribution in [2.45, 2.75) is 25.7 Å². The lowest BCUT2D eigenvalue weighted by molar-refractivity contribution is -0.143. The predicted molar refractivity (Wildman–Crippen MR) is 62.5 cm³/mol. The van der Waals surface area contributed by atoms with Crippen LogP contribution in [0.4, 0.5) is 0 Å². The fourth-order valence-electron chi connectivity index (χ4n) is 2.75. The first-order chi connectivity index (χ1) is 7.75. The average molecular weight is 226 g/mol. The van der Waals surface area contributed by atoms with E-state index < -0.39 is 5.97 Å². The third kappa shape index (κ3) is 3.19. The van der Waals surface area contributed by atoms with E-state index in [1.165, 1.54) is 25.9 Å². The predicted octanol–water partition coefficient (Wildman–Crippen LogP) is 0.879. The van der Waals surface area contributed by atoms with Gasteiger partial charge in [0, 0.05) is 19.6 Å². The molecular formula is C12H22N2O2. The van der Waals surface area contributed by atoms with Crippen molar-refractivity contribution in [2.24, 2.45) is 5.92 Å². The fraction of sp³-hybridized carbons (Fsp3) is 0.917. The summed E-state index contributed by atoms with van der Waals surface area (Å²) in [6.45, 7) is 6.46. The molecule has 2 heterocycles. The number of aliphatic carboxylic acids is 1. The molecule has 0 aromatic carbocycles. The summed E-state index contributed by atoms with van der Waals surface area (Å²) in [4.78, 5) is 15.7. The molecule has 0 bridgehead atoms. The molecule has 2 saturated heterocycles. The normalized spacial score (nSPS) is 28.4. The molecule has 4 nitrogen and oxygen atoms in total. The molecule has 1 N–H and O–H groups in total. The number of hydrogen-bond donors (Lipinski definition) is 1. The van der Waals surface area contributed by atoms with Gasteiger partial charge >= 0.3 is 5.97 Å². The Hall–Kier alpha value is -0.610. The van der Waals surface area contributed by atoms with E-state index in [-0.39, 0.29) is 5.92 Å². The molecule has 0 aromatic rings. The topological polar surface area (TPSA) is 43.8 Å². The fourth-order valence-corrected chi connectivity index (χ4v) is 2.75. The van der Waals surface area contributed by atoms with Crippen LogP contribution in [0.25, 0.3) is 0 Å². The molecular weight excluding hydrogens is 204 g/mol. The van der Waals surface area contributed by atoms with Crippen molar-refractivity contribution in [3.05, 3.63) is 0 Å². The monoisotopic (exact) mass is 226 g/mol. The van der Waals surface area contributed by atoms with E-state index in [9.17, 15) is 4.79 Å². The third-order valence-electron chi connectivity index (χ3n) is 3.79. The van der Waals surface area contributed by atoms with Gasteiger partial charge in [0.15, 0.2) is 0 Å². The van der Waals surface area contributed by atoms with Crippen molar-refractivity contribution in [1.29, 1.82) is 0 Å². The summed E-state index contributed by atoms with van der Waals surface area (Å²) in [5, 5.41) is 9.00. The maximum Gasteiger partial charge on any atom is 0.307 e. The molecule has 1 atom stereocenters. The smallest absolute Gasteiger partial charge is 0.307 e. The van der Waals surface area contributed by atoms with Gasteiger partial charge in [0.25, 0.3) is 0 Å². The zero-order chi connectivity index (χ0) is 11.4. The van der Waals surface area contributed by atoms with Crippen LogP contribution in [0.2, 0.25) is 0 Å². The third-order valence-corrected chi connectivity index (χ3v) is 3.79. The Balaban J connectivity index is 1.70. The number of carbonyl (C=O) groups is 1. The van der Waals surface area contributed by atoms with Gasteiger partial charge in [-0.15, -0.1) is 0 Å². The summed E-state index contributed by atoms with van der Waals surface area (Å²) in [6, 6.07) is 0. The number of likely N-dealkylation sites (tertiary alicyclic amines) is 2. The highest BCUT2D eigenvalue weighted by Crippen LogP contribution is 2.16. The molecule has 0 spiro atoms. The van der Waals surface area contributed by atoms with Crippen molar-refractivity contribution in [2.75, 3.05) is 39.3 Å². The first-order valence-electron chi connectivity index (χ1n) is 6.43. The molecule has 4 heteroatoms. The van der Waals surface area contributed by atoms with Crippen LogP contribution in [0, 0.1) is 5.92 Å². The number of carboxylic acids is 1. The Labute approximate surface area is 97.2 Å². The summed E-state index contributed by atoms with van der Waals surface area (Å²) in [5.41, 5.74) is 0. The molecule has 2 fully saturated rings. The standard InChI is InChI=1S/C12H22N2O2/c15-12(16)11-4-3-7-14(10-11)9-8-13-5-1-2-6-13/h11H,1-10H2,(H,15,16). The summed E-state index contributed by atoms with van der Waals surface area (Å²) in [7, 11) is 0. The van der Waals surface area contributed by atoms with Crippen LogP contribution in [-0.2, 0) is 4.79 Å². The molecule has 2 aliphatic heterocycles. The quantitative estimate of drug-likeness (QED) is 0.773. The van der Waals surface area contributed by atoms with Gasteiger partial charge in [0.2, 0.25) is 0 Å². The van der Waals surface area contributed by atoms with E-state index in [2.05, 4.69) is 9.80 Å². The second-order valence-corrected chi connectivity index (χ2v) is 5.03. The van der Waals surface area contributed by atoms with Crippen LogP contribution in [0.3, 0.4) is 0 Å². The van der Waals surface area contributed by atoms with Crippen molar-refractivity contribution >= 4 is 5.97 Å². The first-order valence-corrected chi connectivity index (χ1v) is 6.43. The Kier molecular flexibility index (Phi) is 4.18. The molecule has 0 saturated carbocycles. The van der Waals surface area contributed by atoms with Crippen molar-refractivity contribution in [1.82, 2.24) is 9.80 Å². The van der Waals surface area contributed by atoms with Crippen LogP contribution >= 0.6 is 0 Å². The SMILES string of the molecule is O=C(O)C1CCCN(CCN2CCCC2)C1. The lowest BCUT2D eigenvalue weighted by Crippen LogP contribution is -2.42. The van der Waals surface area contributed by atoms with Crippen LogP contribution in [-0.4, -0.2) is 60.1 Å². The molecule has 0 aliphatic carbocycles. The number of rotatable bonds is 4. The summed E-state index contributed by atoms with van der Waals surface area (Å²) in [5.74, 6) is -0.752.